The second-order valence-corrected chi connectivity index (χ2v) is 11.0. The zero-order valence-electron chi connectivity index (χ0n) is 18.2. The van der Waals surface area contributed by atoms with Gasteiger partial charge in [0.05, 0.1) is 32.6 Å². The molecule has 0 aliphatic carbocycles. The van der Waals surface area contributed by atoms with Gasteiger partial charge in [0.15, 0.2) is 0 Å². The Morgan fingerprint density at radius 1 is 1.00 bits per heavy atom. The number of carbonyl (C=O) groups excluding carboxylic acids is 1. The van der Waals surface area contributed by atoms with Crippen molar-refractivity contribution in [3.8, 4) is 5.75 Å². The summed E-state index contributed by atoms with van der Waals surface area (Å²) in [4.78, 5) is 13.4. The molecule has 1 amide bonds. The van der Waals surface area contributed by atoms with Gasteiger partial charge in [0.2, 0.25) is 0 Å². The standard InChI is InChI=1S/C24H20Cl2N2O4S2/c1-3-28(34(30,31)19-8-6-18(32-2)7-9-19)17-5-11-22-15(12-17)13-23(33-22)24(29)27-16-4-10-20(25)21(26)14-16/h4-14H,3H2,1-2H3,(H,27,29). The number of sulfonamides is 1. The van der Waals surface area contributed by atoms with Crippen LogP contribution in [0.2, 0.25) is 10.0 Å². The third-order valence-corrected chi connectivity index (χ3v) is 8.89. The minimum absolute atomic E-state index is 0.169. The number of thiophene rings is 1. The predicted octanol–water partition coefficient (Wildman–Crippen LogP) is 6.68. The van der Waals surface area contributed by atoms with Crippen LogP contribution in [0.3, 0.4) is 0 Å². The van der Waals surface area contributed by atoms with E-state index in [-0.39, 0.29) is 17.3 Å². The number of rotatable bonds is 7. The molecule has 4 rings (SSSR count). The molecule has 0 saturated heterocycles. The van der Waals surface area contributed by atoms with Gasteiger partial charge in [0.1, 0.15) is 5.75 Å². The van der Waals surface area contributed by atoms with Crippen molar-refractivity contribution in [1.82, 2.24) is 0 Å². The molecule has 1 heterocycles. The molecule has 1 aromatic heterocycles. The van der Waals surface area contributed by atoms with Gasteiger partial charge in [-0.15, -0.1) is 11.3 Å². The van der Waals surface area contributed by atoms with Crippen LogP contribution >= 0.6 is 34.5 Å². The molecule has 0 unspecified atom stereocenters. The lowest BCUT2D eigenvalue weighted by atomic mass is 10.2. The predicted molar refractivity (Wildman–Crippen MR) is 139 cm³/mol. The van der Waals surface area contributed by atoms with E-state index in [1.807, 2.05) is 6.07 Å². The number of anilines is 2. The first-order valence-electron chi connectivity index (χ1n) is 10.2. The van der Waals surface area contributed by atoms with Crippen LogP contribution in [-0.4, -0.2) is 28.0 Å². The molecular formula is C24H20Cl2N2O4S2. The van der Waals surface area contributed by atoms with Crippen molar-refractivity contribution >= 4 is 71.9 Å². The Balaban J connectivity index is 1.62. The van der Waals surface area contributed by atoms with Crippen LogP contribution in [0.1, 0.15) is 16.6 Å². The molecule has 0 bridgehead atoms. The first-order valence-corrected chi connectivity index (χ1v) is 13.2. The highest BCUT2D eigenvalue weighted by Crippen LogP contribution is 2.33. The minimum Gasteiger partial charge on any atom is -0.497 e. The van der Waals surface area contributed by atoms with Gasteiger partial charge in [-0.2, -0.15) is 0 Å². The Hall–Kier alpha value is -2.78. The average Bonchev–Trinajstić information content (AvgIpc) is 3.25. The topological polar surface area (TPSA) is 75.7 Å². The molecule has 0 saturated carbocycles. The number of ether oxygens (including phenoxy) is 1. The van der Waals surface area contributed by atoms with Gasteiger partial charge >= 0.3 is 0 Å². The summed E-state index contributed by atoms with van der Waals surface area (Å²) in [6.07, 6.45) is 0. The molecule has 34 heavy (non-hydrogen) atoms. The fraction of sp³-hybridized carbons (Fsp3) is 0.125. The molecule has 0 radical (unpaired) electrons. The molecule has 1 N–H and O–H groups in total. The number of amides is 1. The van der Waals surface area contributed by atoms with E-state index in [1.165, 1.54) is 34.9 Å². The fourth-order valence-electron chi connectivity index (χ4n) is 3.43. The second kappa shape index (κ2) is 9.84. The van der Waals surface area contributed by atoms with Gasteiger partial charge < -0.3 is 10.1 Å². The number of hydrogen-bond acceptors (Lipinski definition) is 5. The summed E-state index contributed by atoms with van der Waals surface area (Å²) < 4.78 is 33.9. The highest BCUT2D eigenvalue weighted by Gasteiger charge is 2.24. The van der Waals surface area contributed by atoms with Crippen molar-refractivity contribution in [1.29, 1.82) is 0 Å². The minimum atomic E-state index is -3.78. The number of carbonyl (C=O) groups is 1. The Morgan fingerprint density at radius 2 is 1.74 bits per heavy atom. The Morgan fingerprint density at radius 3 is 2.38 bits per heavy atom. The lowest BCUT2D eigenvalue weighted by molar-refractivity contribution is 0.103. The van der Waals surface area contributed by atoms with Crippen molar-refractivity contribution in [2.24, 2.45) is 0 Å². The number of halogens is 2. The molecule has 6 nitrogen and oxygen atoms in total. The summed E-state index contributed by atoms with van der Waals surface area (Å²) in [5.41, 5.74) is 1.04. The lowest BCUT2D eigenvalue weighted by Crippen LogP contribution is -2.30. The van der Waals surface area contributed by atoms with Gasteiger partial charge in [-0.05, 0) is 79.0 Å². The van der Waals surface area contributed by atoms with Crippen LogP contribution in [0.4, 0.5) is 11.4 Å². The van der Waals surface area contributed by atoms with E-state index in [1.54, 1.807) is 55.5 Å². The van der Waals surface area contributed by atoms with Gasteiger partial charge in [-0.1, -0.05) is 23.2 Å². The number of nitrogens with one attached hydrogen (secondary N) is 1. The van der Waals surface area contributed by atoms with Crippen LogP contribution in [0.15, 0.2) is 71.6 Å². The molecule has 0 spiro atoms. The number of benzene rings is 3. The summed E-state index contributed by atoms with van der Waals surface area (Å²) in [5.74, 6) is 0.285. The van der Waals surface area contributed by atoms with E-state index < -0.39 is 10.0 Å². The number of nitrogens with zero attached hydrogens (tertiary/aromatic N) is 1. The SMILES string of the molecule is CCN(c1ccc2sc(C(=O)Nc3ccc(Cl)c(Cl)c3)cc2c1)S(=O)(=O)c1ccc(OC)cc1. The van der Waals surface area contributed by atoms with Crippen LogP contribution in [-0.2, 0) is 10.0 Å². The maximum Gasteiger partial charge on any atom is 0.265 e. The van der Waals surface area contributed by atoms with E-state index in [2.05, 4.69) is 5.32 Å². The molecule has 4 aromatic rings. The molecular weight excluding hydrogens is 515 g/mol. The van der Waals surface area contributed by atoms with E-state index in [0.29, 0.717) is 32.0 Å². The Labute approximate surface area is 211 Å². The summed E-state index contributed by atoms with van der Waals surface area (Å²) in [6, 6.07) is 18.2. The highest BCUT2D eigenvalue weighted by atomic mass is 35.5. The van der Waals surface area contributed by atoms with Crippen LogP contribution < -0.4 is 14.4 Å². The number of hydrogen-bond donors (Lipinski definition) is 1. The van der Waals surface area contributed by atoms with Gasteiger partial charge in [-0.25, -0.2) is 8.42 Å². The number of methoxy groups -OCH3 is 1. The summed E-state index contributed by atoms with van der Waals surface area (Å²) in [6.45, 7) is 2.02. The zero-order chi connectivity index (χ0) is 24.5. The van der Waals surface area contributed by atoms with Crippen molar-refractivity contribution in [2.75, 3.05) is 23.3 Å². The third kappa shape index (κ3) is 4.86. The second-order valence-electron chi connectivity index (χ2n) is 7.26. The third-order valence-electron chi connectivity index (χ3n) is 5.12. The average molecular weight is 535 g/mol. The molecule has 0 aliphatic rings. The van der Waals surface area contributed by atoms with Crippen LogP contribution in [0, 0.1) is 0 Å². The maximum atomic E-state index is 13.3. The fourth-order valence-corrected chi connectivity index (χ4v) is 6.13. The van der Waals surface area contributed by atoms with Gasteiger partial charge in [0.25, 0.3) is 15.9 Å². The molecule has 0 fully saturated rings. The van der Waals surface area contributed by atoms with Crippen molar-refractivity contribution in [3.63, 3.8) is 0 Å². The van der Waals surface area contributed by atoms with Crippen LogP contribution in [0.25, 0.3) is 10.1 Å². The van der Waals surface area contributed by atoms with E-state index in [4.69, 9.17) is 27.9 Å². The van der Waals surface area contributed by atoms with Gasteiger partial charge in [-0.3, -0.25) is 9.10 Å². The first kappa shape index (κ1) is 24.3. The maximum absolute atomic E-state index is 13.3. The zero-order valence-corrected chi connectivity index (χ0v) is 21.4. The first-order chi connectivity index (χ1) is 16.2. The summed E-state index contributed by atoms with van der Waals surface area (Å²) in [5, 5.41) is 4.32. The molecule has 0 atom stereocenters. The Bertz CT molecular complexity index is 1470. The molecule has 3 aromatic carbocycles. The van der Waals surface area contributed by atoms with E-state index >= 15 is 0 Å². The largest absolute Gasteiger partial charge is 0.497 e. The molecule has 0 aliphatic heterocycles. The Kier molecular flexibility index (Phi) is 7.04. The monoisotopic (exact) mass is 534 g/mol. The normalized spacial score (nSPS) is 11.4. The smallest absolute Gasteiger partial charge is 0.265 e. The van der Waals surface area contributed by atoms with Gasteiger partial charge in [0, 0.05) is 16.9 Å². The highest BCUT2D eigenvalue weighted by molar-refractivity contribution is 7.92. The summed E-state index contributed by atoms with van der Waals surface area (Å²) in [7, 11) is -2.25. The molecule has 176 valence electrons. The van der Waals surface area contributed by atoms with Crippen molar-refractivity contribution in [3.05, 3.63) is 81.7 Å². The van der Waals surface area contributed by atoms with E-state index in [9.17, 15) is 13.2 Å². The van der Waals surface area contributed by atoms with Crippen molar-refractivity contribution < 1.29 is 17.9 Å². The van der Waals surface area contributed by atoms with Crippen LogP contribution in [0.5, 0.6) is 5.75 Å². The quantitative estimate of drug-likeness (QED) is 0.286. The van der Waals surface area contributed by atoms with E-state index in [0.717, 1.165) is 10.1 Å². The molecule has 10 heteroatoms. The van der Waals surface area contributed by atoms with Crippen molar-refractivity contribution in [2.45, 2.75) is 11.8 Å². The lowest BCUT2D eigenvalue weighted by Gasteiger charge is -2.23. The number of fused-ring (bicyclic) bond motifs is 1. The summed E-state index contributed by atoms with van der Waals surface area (Å²) >= 11 is 13.3.